The monoisotopic (exact) mass is 273 g/mol. The SMILES string of the molecule is CCCCCC[CH2][GeH][CH2]CCCCCC. The molecule has 0 unspecified atom stereocenters. The van der Waals surface area contributed by atoms with Crippen LogP contribution >= 0.6 is 0 Å². The molecule has 0 heterocycles. The minimum atomic E-state index is 0.200. The predicted molar refractivity (Wildman–Crippen MR) is 74.3 cm³/mol. The van der Waals surface area contributed by atoms with Gasteiger partial charge in [0.1, 0.15) is 0 Å². The zero-order chi connectivity index (χ0) is 11.2. The second kappa shape index (κ2) is 14.5. The number of rotatable bonds is 12. The Balaban J connectivity index is 2.81. The summed E-state index contributed by atoms with van der Waals surface area (Å²) < 4.78 is 0. The second-order valence-corrected chi connectivity index (χ2v) is 8.33. The van der Waals surface area contributed by atoms with Crippen LogP contribution in [0.2, 0.25) is 10.5 Å². The van der Waals surface area contributed by atoms with E-state index in [1.54, 1.807) is 23.3 Å². The van der Waals surface area contributed by atoms with Crippen LogP contribution in [-0.4, -0.2) is 15.4 Å². The van der Waals surface area contributed by atoms with Gasteiger partial charge >= 0.3 is 104 Å². The molecule has 0 atom stereocenters. The van der Waals surface area contributed by atoms with Gasteiger partial charge < -0.3 is 0 Å². The zero-order valence-electron chi connectivity index (χ0n) is 11.1. The second-order valence-electron chi connectivity index (χ2n) is 4.69. The first kappa shape index (κ1) is 15.5. The van der Waals surface area contributed by atoms with Crippen LogP contribution in [0, 0.1) is 0 Å². The molecule has 91 valence electrons. The Morgan fingerprint density at radius 2 is 0.933 bits per heavy atom. The van der Waals surface area contributed by atoms with Crippen molar-refractivity contribution in [2.45, 2.75) is 88.6 Å². The first-order valence-electron chi connectivity index (χ1n) is 7.23. The van der Waals surface area contributed by atoms with Gasteiger partial charge in [0.05, 0.1) is 0 Å². The van der Waals surface area contributed by atoms with Crippen LogP contribution in [0.4, 0.5) is 0 Å². The van der Waals surface area contributed by atoms with Crippen molar-refractivity contribution >= 4 is 15.4 Å². The summed E-state index contributed by atoms with van der Waals surface area (Å²) in [4.78, 5) is 0. The van der Waals surface area contributed by atoms with Gasteiger partial charge in [-0.3, -0.25) is 0 Å². The van der Waals surface area contributed by atoms with Gasteiger partial charge in [0.15, 0.2) is 0 Å². The van der Waals surface area contributed by atoms with Gasteiger partial charge in [0.2, 0.25) is 0 Å². The third-order valence-electron chi connectivity index (χ3n) is 3.02. The average Bonchev–Trinajstić information content (AvgIpc) is 2.26. The van der Waals surface area contributed by atoms with E-state index in [1.807, 2.05) is 0 Å². The molecule has 0 aliphatic heterocycles. The van der Waals surface area contributed by atoms with Crippen molar-refractivity contribution in [1.29, 1.82) is 0 Å². The van der Waals surface area contributed by atoms with E-state index in [0.29, 0.717) is 0 Å². The molecule has 0 aromatic heterocycles. The molecule has 1 heteroatoms. The van der Waals surface area contributed by atoms with Gasteiger partial charge in [-0.1, -0.05) is 0 Å². The van der Waals surface area contributed by atoms with Crippen molar-refractivity contribution in [3.63, 3.8) is 0 Å². The minimum absolute atomic E-state index is 0.200. The summed E-state index contributed by atoms with van der Waals surface area (Å²) in [6.07, 6.45) is 14.8. The molecule has 0 aliphatic carbocycles. The molecule has 0 spiro atoms. The molecule has 0 saturated carbocycles. The van der Waals surface area contributed by atoms with Crippen molar-refractivity contribution in [2.24, 2.45) is 0 Å². The van der Waals surface area contributed by atoms with Gasteiger partial charge in [-0.15, -0.1) is 0 Å². The summed E-state index contributed by atoms with van der Waals surface area (Å²) >= 11 is 0.200. The van der Waals surface area contributed by atoms with Crippen LogP contribution in [0.25, 0.3) is 0 Å². The van der Waals surface area contributed by atoms with E-state index in [1.165, 1.54) is 51.4 Å². The predicted octanol–water partition coefficient (Wildman–Crippen LogP) is 5.20. The molecular weight excluding hydrogens is 241 g/mol. The summed E-state index contributed by atoms with van der Waals surface area (Å²) in [5.41, 5.74) is 0. The third-order valence-corrected chi connectivity index (χ3v) is 6.45. The molecule has 0 N–H and O–H groups in total. The Hall–Kier alpha value is 0.543. The van der Waals surface area contributed by atoms with Crippen LogP contribution < -0.4 is 0 Å². The molecule has 0 bridgehead atoms. The fourth-order valence-electron chi connectivity index (χ4n) is 1.93. The molecular formula is C14H31Ge. The van der Waals surface area contributed by atoms with Gasteiger partial charge in [-0.2, -0.15) is 0 Å². The number of hydrogen-bond donors (Lipinski definition) is 0. The average molecular weight is 272 g/mol. The van der Waals surface area contributed by atoms with Crippen molar-refractivity contribution in [3.05, 3.63) is 0 Å². The van der Waals surface area contributed by atoms with E-state index in [0.717, 1.165) is 0 Å². The molecule has 0 aromatic rings. The maximum atomic E-state index is 2.30. The molecule has 1 radical (unpaired) electrons. The van der Waals surface area contributed by atoms with Crippen LogP contribution in [0.3, 0.4) is 0 Å². The Kier molecular flexibility index (Phi) is 15.1. The standard InChI is InChI=1S/C14H31Ge/c1-3-5-7-9-11-13-15-14-12-10-8-6-4-2/h15H,3-14H2,1-2H3. The van der Waals surface area contributed by atoms with E-state index < -0.39 is 0 Å². The molecule has 0 saturated heterocycles. The quantitative estimate of drug-likeness (QED) is 0.338. The fraction of sp³-hybridized carbons (Fsp3) is 1.00. The van der Waals surface area contributed by atoms with E-state index in [-0.39, 0.29) is 15.4 Å². The Labute approximate surface area is 104 Å². The topological polar surface area (TPSA) is 0 Å². The van der Waals surface area contributed by atoms with E-state index in [9.17, 15) is 0 Å². The Morgan fingerprint density at radius 3 is 1.33 bits per heavy atom. The Morgan fingerprint density at radius 1 is 0.533 bits per heavy atom. The van der Waals surface area contributed by atoms with Crippen molar-refractivity contribution < 1.29 is 0 Å². The van der Waals surface area contributed by atoms with Gasteiger partial charge in [0, 0.05) is 0 Å². The normalized spacial score (nSPS) is 10.8. The zero-order valence-corrected chi connectivity index (χ0v) is 13.5. The first-order valence-corrected chi connectivity index (χ1v) is 10.7. The van der Waals surface area contributed by atoms with E-state index in [4.69, 9.17) is 0 Å². The molecule has 0 fully saturated rings. The summed E-state index contributed by atoms with van der Waals surface area (Å²) in [6, 6.07) is 0. The van der Waals surface area contributed by atoms with Crippen molar-refractivity contribution in [2.75, 3.05) is 0 Å². The first-order chi connectivity index (χ1) is 7.41. The van der Waals surface area contributed by atoms with Crippen LogP contribution in [0.5, 0.6) is 0 Å². The summed E-state index contributed by atoms with van der Waals surface area (Å²) in [5, 5.41) is 3.28. The maximum absolute atomic E-state index is 2.30. The van der Waals surface area contributed by atoms with Gasteiger partial charge in [0.25, 0.3) is 0 Å². The fourth-order valence-corrected chi connectivity index (χ4v) is 4.96. The van der Waals surface area contributed by atoms with Crippen LogP contribution in [0.1, 0.15) is 78.1 Å². The summed E-state index contributed by atoms with van der Waals surface area (Å²) in [6.45, 7) is 4.60. The van der Waals surface area contributed by atoms with Crippen molar-refractivity contribution in [3.8, 4) is 0 Å². The summed E-state index contributed by atoms with van der Waals surface area (Å²) in [7, 11) is 0. The molecule has 0 aliphatic rings. The number of hydrogen-bond acceptors (Lipinski definition) is 0. The van der Waals surface area contributed by atoms with Crippen LogP contribution in [0.15, 0.2) is 0 Å². The van der Waals surface area contributed by atoms with Gasteiger partial charge in [-0.25, -0.2) is 0 Å². The van der Waals surface area contributed by atoms with Gasteiger partial charge in [-0.05, 0) is 0 Å². The number of unbranched alkanes of at least 4 members (excludes halogenated alkanes) is 8. The van der Waals surface area contributed by atoms with E-state index in [2.05, 4.69) is 13.8 Å². The molecule has 0 amide bonds. The molecule has 0 nitrogen and oxygen atoms in total. The van der Waals surface area contributed by atoms with Crippen LogP contribution in [-0.2, 0) is 0 Å². The third kappa shape index (κ3) is 14.5. The van der Waals surface area contributed by atoms with E-state index >= 15 is 0 Å². The molecule has 15 heavy (non-hydrogen) atoms. The Bertz CT molecular complexity index is 89.5. The van der Waals surface area contributed by atoms with Crippen molar-refractivity contribution in [1.82, 2.24) is 0 Å². The molecule has 0 aromatic carbocycles. The summed E-state index contributed by atoms with van der Waals surface area (Å²) in [5.74, 6) is 0. The molecule has 0 rings (SSSR count).